The number of fused-ring (bicyclic) bond motifs is 1. The number of benzene rings is 1. The SMILES string of the molecule is CCOC(=O)c1nc([C@H](N)Cc2c[nH]c3ccccc23)oc1C. The number of aromatic amines is 1. The van der Waals surface area contributed by atoms with Crippen molar-refractivity contribution in [2.45, 2.75) is 26.3 Å². The Hall–Kier alpha value is -2.60. The third-order valence-corrected chi connectivity index (χ3v) is 3.71. The van der Waals surface area contributed by atoms with E-state index in [0.717, 1.165) is 16.5 Å². The van der Waals surface area contributed by atoms with Crippen LogP contribution >= 0.6 is 0 Å². The zero-order chi connectivity index (χ0) is 16.4. The number of esters is 1. The normalized spacial score (nSPS) is 12.5. The predicted molar refractivity (Wildman–Crippen MR) is 86.1 cm³/mol. The van der Waals surface area contributed by atoms with E-state index >= 15 is 0 Å². The van der Waals surface area contributed by atoms with Gasteiger partial charge in [-0.2, -0.15) is 0 Å². The second-order valence-corrected chi connectivity index (χ2v) is 5.35. The number of para-hydroxylation sites is 1. The van der Waals surface area contributed by atoms with Crippen molar-refractivity contribution in [3.63, 3.8) is 0 Å². The van der Waals surface area contributed by atoms with E-state index < -0.39 is 12.0 Å². The van der Waals surface area contributed by atoms with Gasteiger partial charge in [-0.3, -0.25) is 0 Å². The van der Waals surface area contributed by atoms with Crippen LogP contribution in [0.5, 0.6) is 0 Å². The van der Waals surface area contributed by atoms with Crippen LogP contribution in [-0.4, -0.2) is 22.5 Å². The molecule has 0 amide bonds. The zero-order valence-corrected chi connectivity index (χ0v) is 13.1. The molecule has 0 aliphatic heterocycles. The number of H-pyrrole nitrogens is 1. The van der Waals surface area contributed by atoms with Crippen LogP contribution in [0, 0.1) is 6.92 Å². The van der Waals surface area contributed by atoms with Gasteiger partial charge in [0.15, 0.2) is 5.69 Å². The molecule has 3 aromatic rings. The van der Waals surface area contributed by atoms with Gasteiger partial charge in [-0.25, -0.2) is 9.78 Å². The van der Waals surface area contributed by atoms with E-state index in [9.17, 15) is 4.79 Å². The number of carbonyl (C=O) groups excluding carboxylic acids is 1. The number of aryl methyl sites for hydroxylation is 1. The number of ether oxygens (including phenoxy) is 1. The van der Waals surface area contributed by atoms with Crippen LogP contribution in [0.3, 0.4) is 0 Å². The topological polar surface area (TPSA) is 94.1 Å². The number of oxazole rings is 1. The van der Waals surface area contributed by atoms with Crippen molar-refractivity contribution in [2.75, 3.05) is 6.61 Å². The highest BCUT2D eigenvalue weighted by molar-refractivity contribution is 5.88. The van der Waals surface area contributed by atoms with Crippen LogP contribution in [0.15, 0.2) is 34.9 Å². The molecule has 0 saturated heterocycles. The van der Waals surface area contributed by atoms with Gasteiger partial charge in [-0.05, 0) is 31.9 Å². The molecule has 0 saturated carbocycles. The van der Waals surface area contributed by atoms with Gasteiger partial charge < -0.3 is 19.9 Å². The first-order valence-corrected chi connectivity index (χ1v) is 7.55. The van der Waals surface area contributed by atoms with E-state index in [1.165, 1.54) is 0 Å². The molecule has 0 fully saturated rings. The van der Waals surface area contributed by atoms with Crippen molar-refractivity contribution >= 4 is 16.9 Å². The molecule has 0 radical (unpaired) electrons. The van der Waals surface area contributed by atoms with Gasteiger partial charge in [0.05, 0.1) is 12.6 Å². The van der Waals surface area contributed by atoms with Crippen molar-refractivity contribution in [3.8, 4) is 0 Å². The summed E-state index contributed by atoms with van der Waals surface area (Å²) in [5, 5.41) is 1.12. The Kier molecular flexibility index (Phi) is 4.16. The first-order chi connectivity index (χ1) is 11.1. The lowest BCUT2D eigenvalue weighted by molar-refractivity contribution is 0.0518. The number of aromatic nitrogens is 2. The summed E-state index contributed by atoms with van der Waals surface area (Å²) in [6, 6.07) is 7.58. The number of hydrogen-bond acceptors (Lipinski definition) is 5. The second-order valence-electron chi connectivity index (χ2n) is 5.35. The molecule has 0 unspecified atom stereocenters. The summed E-state index contributed by atoms with van der Waals surface area (Å²) in [6.45, 7) is 3.72. The minimum Gasteiger partial charge on any atom is -0.461 e. The molecule has 6 nitrogen and oxygen atoms in total. The molecule has 0 spiro atoms. The summed E-state index contributed by atoms with van der Waals surface area (Å²) < 4.78 is 10.5. The maximum Gasteiger partial charge on any atom is 0.360 e. The fraction of sp³-hybridized carbons (Fsp3) is 0.294. The van der Waals surface area contributed by atoms with E-state index in [4.69, 9.17) is 14.9 Å². The van der Waals surface area contributed by atoms with Crippen LogP contribution in [0.4, 0.5) is 0 Å². The molecule has 0 bridgehead atoms. The fourth-order valence-electron chi connectivity index (χ4n) is 2.59. The standard InChI is InChI=1S/C17H19N3O3/c1-3-22-17(21)15-10(2)23-16(20-15)13(18)8-11-9-19-14-7-5-4-6-12(11)14/h4-7,9,13,19H,3,8,18H2,1-2H3/t13-/m1/s1. The Morgan fingerprint density at radius 2 is 2.22 bits per heavy atom. The molecular formula is C17H19N3O3. The third kappa shape index (κ3) is 2.98. The summed E-state index contributed by atoms with van der Waals surface area (Å²) >= 11 is 0. The van der Waals surface area contributed by atoms with E-state index in [2.05, 4.69) is 9.97 Å². The Bertz CT molecular complexity index is 835. The average Bonchev–Trinajstić information content (AvgIpc) is 3.12. The third-order valence-electron chi connectivity index (χ3n) is 3.71. The van der Waals surface area contributed by atoms with E-state index in [-0.39, 0.29) is 5.69 Å². The zero-order valence-electron chi connectivity index (χ0n) is 13.1. The molecular weight excluding hydrogens is 294 g/mol. The van der Waals surface area contributed by atoms with Crippen LogP contribution in [-0.2, 0) is 11.2 Å². The summed E-state index contributed by atoms with van der Waals surface area (Å²) in [5.41, 5.74) is 8.55. The summed E-state index contributed by atoms with van der Waals surface area (Å²) in [7, 11) is 0. The highest BCUT2D eigenvalue weighted by Gasteiger charge is 2.22. The lowest BCUT2D eigenvalue weighted by Crippen LogP contribution is -2.14. The minimum absolute atomic E-state index is 0.191. The Labute approximate surface area is 133 Å². The van der Waals surface area contributed by atoms with Gasteiger partial charge in [-0.15, -0.1) is 0 Å². The molecule has 0 aliphatic rings. The van der Waals surface area contributed by atoms with Crippen LogP contribution < -0.4 is 5.73 Å². The second kappa shape index (κ2) is 6.26. The molecule has 1 atom stereocenters. The van der Waals surface area contributed by atoms with E-state index in [1.807, 2.05) is 30.5 Å². The molecule has 23 heavy (non-hydrogen) atoms. The smallest absolute Gasteiger partial charge is 0.360 e. The predicted octanol–water partition coefficient (Wildman–Crippen LogP) is 2.88. The van der Waals surface area contributed by atoms with Crippen LogP contribution in [0.1, 0.15) is 40.7 Å². The van der Waals surface area contributed by atoms with Crippen molar-refractivity contribution in [1.29, 1.82) is 0 Å². The molecule has 6 heteroatoms. The lowest BCUT2D eigenvalue weighted by atomic mass is 10.1. The van der Waals surface area contributed by atoms with Crippen molar-refractivity contribution in [2.24, 2.45) is 5.73 Å². The summed E-state index contributed by atoms with van der Waals surface area (Å²) in [4.78, 5) is 19.2. The highest BCUT2D eigenvalue weighted by atomic mass is 16.5. The molecule has 2 aromatic heterocycles. The first kappa shape index (κ1) is 15.3. The maximum atomic E-state index is 11.8. The minimum atomic E-state index is -0.487. The van der Waals surface area contributed by atoms with Crippen molar-refractivity contribution in [1.82, 2.24) is 9.97 Å². The number of rotatable bonds is 5. The van der Waals surface area contributed by atoms with Gasteiger partial charge in [0, 0.05) is 17.1 Å². The lowest BCUT2D eigenvalue weighted by Gasteiger charge is -2.06. The number of nitrogens with zero attached hydrogens (tertiary/aromatic N) is 1. The van der Waals surface area contributed by atoms with Crippen molar-refractivity contribution in [3.05, 3.63) is 53.4 Å². The number of carbonyl (C=O) groups is 1. The average molecular weight is 313 g/mol. The number of hydrogen-bond donors (Lipinski definition) is 2. The molecule has 1 aromatic carbocycles. The fourth-order valence-corrected chi connectivity index (χ4v) is 2.59. The van der Waals surface area contributed by atoms with Crippen LogP contribution in [0.25, 0.3) is 10.9 Å². The van der Waals surface area contributed by atoms with Gasteiger partial charge in [0.25, 0.3) is 0 Å². The molecule has 2 heterocycles. The molecule has 3 N–H and O–H groups in total. The molecule has 120 valence electrons. The quantitative estimate of drug-likeness (QED) is 0.706. The summed E-state index contributed by atoms with van der Waals surface area (Å²) in [6.07, 6.45) is 2.50. The van der Waals surface area contributed by atoms with Crippen molar-refractivity contribution < 1.29 is 13.9 Å². The molecule has 0 aliphatic carbocycles. The maximum absolute atomic E-state index is 11.8. The number of nitrogens with two attached hydrogens (primary N) is 1. The summed E-state index contributed by atoms with van der Waals surface area (Å²) in [5.74, 6) is 0.281. The van der Waals surface area contributed by atoms with E-state index in [1.54, 1.807) is 13.8 Å². The van der Waals surface area contributed by atoms with Gasteiger partial charge in [0.1, 0.15) is 5.76 Å². The van der Waals surface area contributed by atoms with E-state index in [0.29, 0.717) is 24.7 Å². The van der Waals surface area contributed by atoms with Gasteiger partial charge in [-0.1, -0.05) is 18.2 Å². The monoisotopic (exact) mass is 313 g/mol. The number of nitrogens with one attached hydrogen (secondary N) is 1. The Morgan fingerprint density at radius 3 is 3.00 bits per heavy atom. The Morgan fingerprint density at radius 1 is 1.43 bits per heavy atom. The highest BCUT2D eigenvalue weighted by Crippen LogP contribution is 2.24. The first-order valence-electron chi connectivity index (χ1n) is 7.55. The molecule has 3 rings (SSSR count). The largest absolute Gasteiger partial charge is 0.461 e. The van der Waals surface area contributed by atoms with Crippen LogP contribution in [0.2, 0.25) is 0 Å². The van der Waals surface area contributed by atoms with Gasteiger partial charge >= 0.3 is 5.97 Å². The van der Waals surface area contributed by atoms with Gasteiger partial charge in [0.2, 0.25) is 5.89 Å². The Balaban J connectivity index is 1.82.